The Morgan fingerprint density at radius 1 is 1.27 bits per heavy atom. The third-order valence-electron chi connectivity index (χ3n) is 1.94. The lowest BCUT2D eigenvalue weighted by atomic mass is 10.3. The van der Waals surface area contributed by atoms with E-state index >= 15 is 0 Å². The third kappa shape index (κ3) is 10.3. The van der Waals surface area contributed by atoms with E-state index in [-0.39, 0.29) is 6.16 Å². The van der Waals surface area contributed by atoms with Crippen molar-refractivity contribution in [2.24, 2.45) is 5.73 Å². The van der Waals surface area contributed by atoms with Crippen LogP contribution >= 0.6 is 7.60 Å². The fraction of sp³-hybridized carbons (Fsp3) is 0.600. The lowest BCUT2D eigenvalue weighted by molar-refractivity contribution is -0.192. The number of hydrogen-bond donors (Lipinski definition) is 2. The highest BCUT2D eigenvalue weighted by atomic mass is 31.2. The monoisotopic (exact) mass is 351 g/mol. The molecule has 0 unspecified atom stereocenters. The molecule has 0 spiro atoms. The van der Waals surface area contributed by atoms with Crippen molar-refractivity contribution < 1.29 is 46.2 Å². The summed E-state index contributed by atoms with van der Waals surface area (Å²) in [7, 11) is 0.751. The van der Waals surface area contributed by atoms with Gasteiger partial charge in [0.2, 0.25) is 0 Å². The Balaban J connectivity index is 0. The number of esters is 1. The minimum Gasteiger partial charge on any atom is -0.475 e. The minimum absolute atomic E-state index is 0.0602. The number of hydrogen-bond acceptors (Lipinski definition) is 7. The second-order valence-electron chi connectivity index (χ2n) is 3.44. The van der Waals surface area contributed by atoms with Crippen LogP contribution in [0.4, 0.5) is 13.2 Å². The van der Waals surface area contributed by atoms with Crippen LogP contribution in [0.15, 0.2) is 12.2 Å². The molecule has 22 heavy (non-hydrogen) atoms. The zero-order valence-corrected chi connectivity index (χ0v) is 12.9. The van der Waals surface area contributed by atoms with E-state index < -0.39 is 31.8 Å². The van der Waals surface area contributed by atoms with E-state index in [9.17, 15) is 22.5 Å². The smallest absolute Gasteiger partial charge is 0.475 e. The first-order valence-corrected chi connectivity index (χ1v) is 7.17. The fourth-order valence-corrected chi connectivity index (χ4v) is 1.60. The van der Waals surface area contributed by atoms with Gasteiger partial charge in [0.15, 0.2) is 0 Å². The summed E-state index contributed by atoms with van der Waals surface area (Å²) in [6, 6.07) is -0.864. The molecular weight excluding hydrogens is 334 g/mol. The van der Waals surface area contributed by atoms with Gasteiger partial charge in [-0.05, 0) is 0 Å². The average Bonchev–Trinajstić information content (AvgIpc) is 2.45. The minimum atomic E-state index is -5.08. The number of allylic oxidation sites excluding steroid dienone is 1. The topological polar surface area (TPSA) is 125 Å². The van der Waals surface area contributed by atoms with Gasteiger partial charge in [0.1, 0.15) is 6.04 Å². The molecule has 0 aliphatic heterocycles. The molecule has 0 bridgehead atoms. The van der Waals surface area contributed by atoms with Gasteiger partial charge >= 0.3 is 25.7 Å². The maximum absolute atomic E-state index is 11.5. The van der Waals surface area contributed by atoms with Gasteiger partial charge in [-0.15, -0.1) is 0 Å². The number of aliphatic carboxylic acids is 1. The maximum Gasteiger partial charge on any atom is 0.490 e. The molecule has 0 aromatic carbocycles. The quantitative estimate of drug-likeness (QED) is 0.415. The Morgan fingerprint density at radius 3 is 1.95 bits per heavy atom. The standard InChI is InChI=1S/C8H16NO5P.C2HF3O2/c1-12-8(10)7(9)5-4-6-15(11,13-2)14-3;3-2(4,5)1(6)7/h4-5,7H,6,9H2,1-3H3;(H,6,7)/b5-4-;/t7-;/m0./s1. The maximum atomic E-state index is 11.5. The van der Waals surface area contributed by atoms with Crippen molar-refractivity contribution in [3.05, 3.63) is 12.2 Å². The zero-order valence-electron chi connectivity index (χ0n) is 12.0. The van der Waals surface area contributed by atoms with Gasteiger partial charge in [-0.25, -0.2) is 4.79 Å². The molecule has 0 amide bonds. The molecule has 0 saturated heterocycles. The molecule has 1 atom stereocenters. The molecule has 0 saturated carbocycles. The van der Waals surface area contributed by atoms with Gasteiger partial charge in [-0.2, -0.15) is 13.2 Å². The van der Waals surface area contributed by atoms with Crippen LogP contribution in [0.25, 0.3) is 0 Å². The number of halogens is 3. The predicted molar refractivity (Wildman–Crippen MR) is 69.3 cm³/mol. The van der Waals surface area contributed by atoms with Crippen molar-refractivity contribution in [1.82, 2.24) is 0 Å². The molecule has 0 heterocycles. The average molecular weight is 351 g/mol. The molecule has 3 N–H and O–H groups in total. The molecule has 0 fully saturated rings. The summed E-state index contributed by atoms with van der Waals surface area (Å²) in [6.07, 6.45) is -2.17. The van der Waals surface area contributed by atoms with E-state index in [2.05, 4.69) is 13.8 Å². The first kappa shape index (κ1) is 22.9. The van der Waals surface area contributed by atoms with Crippen molar-refractivity contribution in [3.63, 3.8) is 0 Å². The van der Waals surface area contributed by atoms with Crippen LogP contribution in [0.3, 0.4) is 0 Å². The van der Waals surface area contributed by atoms with Crippen LogP contribution in [0.2, 0.25) is 0 Å². The summed E-state index contributed by atoms with van der Waals surface area (Å²) in [5.41, 5.74) is 5.41. The number of methoxy groups -OCH3 is 1. The molecule has 0 rings (SSSR count). The van der Waals surface area contributed by atoms with Crippen LogP contribution in [-0.4, -0.2) is 56.8 Å². The first-order chi connectivity index (χ1) is 9.93. The number of ether oxygens (including phenoxy) is 1. The van der Waals surface area contributed by atoms with Crippen molar-refractivity contribution in [3.8, 4) is 0 Å². The Hall–Kier alpha value is -1.42. The summed E-state index contributed by atoms with van der Waals surface area (Å²) in [6.45, 7) is 0. The summed E-state index contributed by atoms with van der Waals surface area (Å²) in [4.78, 5) is 19.8. The van der Waals surface area contributed by atoms with Gasteiger partial charge < -0.3 is 24.6 Å². The Kier molecular flexibility index (Phi) is 10.7. The molecule has 0 radical (unpaired) electrons. The summed E-state index contributed by atoms with van der Waals surface area (Å²) >= 11 is 0. The molecule has 12 heteroatoms. The molecule has 0 aliphatic carbocycles. The van der Waals surface area contributed by atoms with E-state index in [1.165, 1.54) is 33.5 Å². The Bertz CT molecular complexity index is 431. The van der Waals surface area contributed by atoms with Crippen LogP contribution in [0.5, 0.6) is 0 Å². The van der Waals surface area contributed by atoms with Gasteiger partial charge in [-0.3, -0.25) is 9.36 Å². The molecule has 0 aromatic rings. The third-order valence-corrected chi connectivity index (χ3v) is 3.72. The van der Waals surface area contributed by atoms with Crippen LogP contribution in [0, 0.1) is 0 Å². The number of alkyl halides is 3. The van der Waals surface area contributed by atoms with E-state index in [0.717, 1.165) is 0 Å². The second kappa shape index (κ2) is 10.3. The molecule has 8 nitrogen and oxygen atoms in total. The van der Waals surface area contributed by atoms with Gasteiger partial charge in [0.05, 0.1) is 13.3 Å². The zero-order chi connectivity index (χ0) is 18.0. The summed E-state index contributed by atoms with van der Waals surface area (Å²) in [5.74, 6) is -3.32. The number of nitrogens with two attached hydrogens (primary N) is 1. The van der Waals surface area contributed by atoms with Crippen molar-refractivity contribution in [1.29, 1.82) is 0 Å². The number of carbonyl (C=O) groups is 2. The lowest BCUT2D eigenvalue weighted by Gasteiger charge is -2.10. The predicted octanol–water partition coefficient (Wildman–Crippen LogP) is 1.16. The first-order valence-electron chi connectivity index (χ1n) is 5.44. The van der Waals surface area contributed by atoms with Crippen LogP contribution < -0.4 is 5.73 Å². The van der Waals surface area contributed by atoms with Crippen LogP contribution in [-0.2, 0) is 27.9 Å². The lowest BCUT2D eigenvalue weighted by Crippen LogP contribution is -2.29. The highest BCUT2D eigenvalue weighted by Gasteiger charge is 2.38. The van der Waals surface area contributed by atoms with E-state index in [4.69, 9.17) is 15.6 Å². The Morgan fingerprint density at radius 2 is 1.68 bits per heavy atom. The number of carboxylic acid groups (broad SMARTS) is 1. The second-order valence-corrected chi connectivity index (χ2v) is 5.76. The van der Waals surface area contributed by atoms with Gasteiger partial charge in [0, 0.05) is 14.2 Å². The van der Waals surface area contributed by atoms with E-state index in [0.29, 0.717) is 0 Å². The SMILES string of the molecule is COC(=O)[C@@H](N)/C=C\CP(=O)(OC)OC.O=C(O)C(F)(F)F. The molecule has 130 valence electrons. The van der Waals surface area contributed by atoms with Gasteiger partial charge in [-0.1, -0.05) is 12.2 Å². The van der Waals surface area contributed by atoms with Crippen LogP contribution in [0.1, 0.15) is 0 Å². The molecule has 0 aliphatic rings. The van der Waals surface area contributed by atoms with Crippen molar-refractivity contribution in [2.45, 2.75) is 12.2 Å². The number of carboxylic acids is 1. The fourth-order valence-electron chi connectivity index (χ4n) is 0.775. The van der Waals surface area contributed by atoms with Gasteiger partial charge in [0.25, 0.3) is 0 Å². The highest BCUT2D eigenvalue weighted by molar-refractivity contribution is 7.54. The number of rotatable bonds is 6. The Labute approximate surface area is 124 Å². The van der Waals surface area contributed by atoms with Crippen molar-refractivity contribution in [2.75, 3.05) is 27.5 Å². The van der Waals surface area contributed by atoms with Crippen molar-refractivity contribution >= 4 is 19.5 Å². The summed E-state index contributed by atoms with van der Waals surface area (Å²) in [5, 5.41) is 7.12. The normalized spacial score (nSPS) is 13.2. The van der Waals surface area contributed by atoms with E-state index in [1.807, 2.05) is 0 Å². The largest absolute Gasteiger partial charge is 0.490 e. The molecular formula is C10H17F3NO7P. The summed E-state index contributed by atoms with van der Waals surface area (Å²) < 4.78 is 57.0. The molecule has 0 aromatic heterocycles. The highest BCUT2D eigenvalue weighted by Crippen LogP contribution is 2.46. The van der Waals surface area contributed by atoms with E-state index in [1.54, 1.807) is 0 Å². The number of carbonyl (C=O) groups excluding carboxylic acids is 1.